The van der Waals surface area contributed by atoms with Crippen LogP contribution in [0, 0.1) is 6.92 Å². The molecule has 1 aromatic rings. The summed E-state index contributed by atoms with van der Waals surface area (Å²) in [6.45, 7) is 2.05. The molecule has 0 spiro atoms. The van der Waals surface area contributed by atoms with Crippen molar-refractivity contribution < 1.29 is 19.4 Å². The summed E-state index contributed by atoms with van der Waals surface area (Å²) in [5, 5.41) is 11.3. The van der Waals surface area contributed by atoms with Gasteiger partial charge in [0.2, 0.25) is 0 Å². The largest absolute Gasteiger partial charge is 0.481 e. The van der Waals surface area contributed by atoms with Gasteiger partial charge >= 0.3 is 5.97 Å². The summed E-state index contributed by atoms with van der Waals surface area (Å²) in [6, 6.07) is 5.46. The minimum atomic E-state index is -0.960. The Balaban J connectivity index is 2.64. The van der Waals surface area contributed by atoms with Crippen LogP contribution in [0.4, 0.5) is 0 Å². The molecule has 1 amide bonds. The summed E-state index contributed by atoms with van der Waals surface area (Å²) in [5.41, 5.74) is 1.49. The van der Waals surface area contributed by atoms with Crippen molar-refractivity contribution in [2.45, 2.75) is 19.4 Å². The Labute approximate surface area is 120 Å². The SMILES string of the molecule is COC(CNC(=O)c1cc(C)ccc1Br)CC(=O)O. The van der Waals surface area contributed by atoms with E-state index in [1.807, 2.05) is 13.0 Å². The van der Waals surface area contributed by atoms with Crippen LogP contribution in [0.15, 0.2) is 22.7 Å². The molecule has 0 bridgehead atoms. The van der Waals surface area contributed by atoms with Crippen LogP contribution in [0.1, 0.15) is 22.3 Å². The molecule has 19 heavy (non-hydrogen) atoms. The first-order valence-corrected chi connectivity index (χ1v) is 6.52. The van der Waals surface area contributed by atoms with Gasteiger partial charge in [-0.15, -0.1) is 0 Å². The molecule has 1 aromatic carbocycles. The summed E-state index contributed by atoms with van der Waals surface area (Å²) < 4.78 is 5.69. The number of hydrogen-bond donors (Lipinski definition) is 2. The monoisotopic (exact) mass is 329 g/mol. The second-order valence-corrected chi connectivity index (χ2v) is 5.00. The predicted molar refractivity (Wildman–Crippen MR) is 74.3 cm³/mol. The number of methoxy groups -OCH3 is 1. The molecule has 0 heterocycles. The number of carboxylic acids is 1. The molecule has 5 nitrogen and oxygen atoms in total. The van der Waals surface area contributed by atoms with Crippen LogP contribution in [-0.2, 0) is 9.53 Å². The van der Waals surface area contributed by atoms with Gasteiger partial charge in [-0.1, -0.05) is 11.6 Å². The number of aryl methyl sites for hydroxylation is 1. The zero-order chi connectivity index (χ0) is 14.4. The topological polar surface area (TPSA) is 75.6 Å². The summed E-state index contributed by atoms with van der Waals surface area (Å²) in [7, 11) is 1.42. The maximum Gasteiger partial charge on any atom is 0.306 e. The first-order valence-electron chi connectivity index (χ1n) is 5.73. The van der Waals surface area contributed by atoms with E-state index in [1.54, 1.807) is 12.1 Å². The molecule has 104 valence electrons. The minimum Gasteiger partial charge on any atom is -0.481 e. The second kappa shape index (κ2) is 7.25. The van der Waals surface area contributed by atoms with Gasteiger partial charge in [0.15, 0.2) is 0 Å². The van der Waals surface area contributed by atoms with E-state index in [2.05, 4.69) is 21.2 Å². The lowest BCUT2D eigenvalue weighted by molar-refractivity contribution is -0.139. The number of ether oxygens (including phenoxy) is 1. The molecule has 1 rings (SSSR count). The highest BCUT2D eigenvalue weighted by molar-refractivity contribution is 9.10. The van der Waals surface area contributed by atoms with Crippen molar-refractivity contribution in [3.05, 3.63) is 33.8 Å². The van der Waals surface area contributed by atoms with E-state index in [9.17, 15) is 9.59 Å². The van der Waals surface area contributed by atoms with Crippen molar-refractivity contribution in [3.8, 4) is 0 Å². The average molecular weight is 330 g/mol. The number of nitrogens with one attached hydrogen (secondary N) is 1. The van der Waals surface area contributed by atoms with Crippen molar-refractivity contribution in [2.24, 2.45) is 0 Å². The first-order chi connectivity index (χ1) is 8.93. The number of carboxylic acid groups (broad SMARTS) is 1. The van der Waals surface area contributed by atoms with Crippen molar-refractivity contribution in [2.75, 3.05) is 13.7 Å². The van der Waals surface area contributed by atoms with E-state index in [0.717, 1.165) is 5.56 Å². The molecule has 0 fully saturated rings. The van der Waals surface area contributed by atoms with E-state index in [0.29, 0.717) is 10.0 Å². The number of hydrogen-bond acceptors (Lipinski definition) is 3. The Kier molecular flexibility index (Phi) is 5.98. The molecule has 0 aliphatic heterocycles. The van der Waals surface area contributed by atoms with Gasteiger partial charge in [-0.25, -0.2) is 0 Å². The Bertz CT molecular complexity index is 476. The Morgan fingerprint density at radius 1 is 1.47 bits per heavy atom. The quantitative estimate of drug-likeness (QED) is 0.836. The second-order valence-electron chi connectivity index (χ2n) is 4.15. The number of carbonyl (C=O) groups excluding carboxylic acids is 1. The zero-order valence-electron chi connectivity index (χ0n) is 10.8. The van der Waals surface area contributed by atoms with Gasteiger partial charge in [0.1, 0.15) is 0 Å². The fraction of sp³-hybridized carbons (Fsp3) is 0.385. The van der Waals surface area contributed by atoms with E-state index < -0.39 is 12.1 Å². The average Bonchev–Trinajstić information content (AvgIpc) is 2.36. The molecule has 0 aromatic heterocycles. The Morgan fingerprint density at radius 2 is 2.16 bits per heavy atom. The standard InChI is InChI=1S/C13H16BrNO4/c1-8-3-4-11(14)10(5-8)13(18)15-7-9(19-2)6-12(16)17/h3-5,9H,6-7H2,1-2H3,(H,15,18)(H,16,17). The minimum absolute atomic E-state index is 0.147. The van der Waals surface area contributed by atoms with Gasteiger partial charge in [0, 0.05) is 18.1 Å². The number of rotatable bonds is 6. The highest BCUT2D eigenvalue weighted by Gasteiger charge is 2.15. The lowest BCUT2D eigenvalue weighted by Gasteiger charge is -2.14. The van der Waals surface area contributed by atoms with Gasteiger partial charge in [-0.05, 0) is 35.0 Å². The van der Waals surface area contributed by atoms with Crippen LogP contribution in [0.3, 0.4) is 0 Å². The highest BCUT2D eigenvalue weighted by Crippen LogP contribution is 2.17. The number of amides is 1. The molecule has 0 aliphatic rings. The van der Waals surface area contributed by atoms with Crippen molar-refractivity contribution >= 4 is 27.8 Å². The number of halogens is 1. The molecule has 0 radical (unpaired) electrons. The molecular weight excluding hydrogens is 314 g/mol. The molecule has 1 atom stereocenters. The van der Waals surface area contributed by atoms with Crippen LogP contribution in [0.25, 0.3) is 0 Å². The third-order valence-electron chi connectivity index (χ3n) is 2.59. The Morgan fingerprint density at radius 3 is 2.74 bits per heavy atom. The molecule has 6 heteroatoms. The van der Waals surface area contributed by atoms with Crippen molar-refractivity contribution in [3.63, 3.8) is 0 Å². The molecule has 2 N–H and O–H groups in total. The number of aliphatic carboxylic acids is 1. The summed E-state index contributed by atoms with van der Waals surface area (Å²) >= 11 is 3.31. The lowest BCUT2D eigenvalue weighted by Crippen LogP contribution is -2.34. The molecule has 1 unspecified atom stereocenters. The highest BCUT2D eigenvalue weighted by atomic mass is 79.9. The van der Waals surface area contributed by atoms with E-state index in [1.165, 1.54) is 7.11 Å². The van der Waals surface area contributed by atoms with Crippen LogP contribution in [0.2, 0.25) is 0 Å². The predicted octanol–water partition coefficient (Wildman–Crippen LogP) is 1.98. The van der Waals surface area contributed by atoms with Crippen molar-refractivity contribution in [1.82, 2.24) is 5.32 Å². The van der Waals surface area contributed by atoms with Crippen LogP contribution in [-0.4, -0.2) is 36.7 Å². The van der Waals surface area contributed by atoms with E-state index >= 15 is 0 Å². The fourth-order valence-corrected chi connectivity index (χ4v) is 1.98. The molecule has 0 aliphatic carbocycles. The van der Waals surface area contributed by atoms with E-state index in [4.69, 9.17) is 9.84 Å². The van der Waals surface area contributed by atoms with Crippen LogP contribution < -0.4 is 5.32 Å². The van der Waals surface area contributed by atoms with Gasteiger partial charge in [0.25, 0.3) is 5.91 Å². The molecule has 0 saturated heterocycles. The Hall–Kier alpha value is -1.40. The zero-order valence-corrected chi connectivity index (χ0v) is 12.4. The maximum absolute atomic E-state index is 12.0. The summed E-state index contributed by atoms with van der Waals surface area (Å²) in [5.74, 6) is -1.22. The third kappa shape index (κ3) is 5.00. The number of carbonyl (C=O) groups is 2. The smallest absolute Gasteiger partial charge is 0.306 e. The van der Waals surface area contributed by atoms with Crippen LogP contribution >= 0.6 is 15.9 Å². The summed E-state index contributed by atoms with van der Waals surface area (Å²) in [6.07, 6.45) is -0.684. The summed E-state index contributed by atoms with van der Waals surface area (Å²) in [4.78, 5) is 22.6. The van der Waals surface area contributed by atoms with Gasteiger partial charge in [-0.2, -0.15) is 0 Å². The fourth-order valence-electron chi connectivity index (χ4n) is 1.55. The van der Waals surface area contributed by atoms with Gasteiger partial charge in [-0.3, -0.25) is 9.59 Å². The number of benzene rings is 1. The first kappa shape index (κ1) is 15.7. The lowest BCUT2D eigenvalue weighted by atomic mass is 10.1. The molecule has 0 saturated carbocycles. The van der Waals surface area contributed by atoms with Crippen LogP contribution in [0.5, 0.6) is 0 Å². The third-order valence-corrected chi connectivity index (χ3v) is 3.28. The normalized spacial score (nSPS) is 11.9. The van der Waals surface area contributed by atoms with E-state index in [-0.39, 0.29) is 18.9 Å². The van der Waals surface area contributed by atoms with Gasteiger partial charge < -0.3 is 15.2 Å². The molecular formula is C13H16BrNO4. The van der Waals surface area contributed by atoms with Gasteiger partial charge in [0.05, 0.1) is 18.1 Å². The van der Waals surface area contributed by atoms with Crippen molar-refractivity contribution in [1.29, 1.82) is 0 Å². The maximum atomic E-state index is 12.0.